The Morgan fingerprint density at radius 1 is 1.53 bits per heavy atom. The summed E-state index contributed by atoms with van der Waals surface area (Å²) in [6, 6.07) is 0. The molecule has 0 spiro atoms. The van der Waals surface area contributed by atoms with E-state index in [9.17, 15) is 0 Å². The first-order valence-corrected chi connectivity index (χ1v) is 5.40. The molecular formula is C10H15N5O2. The smallest absolute Gasteiger partial charge is 0.263 e. The van der Waals surface area contributed by atoms with Gasteiger partial charge in [0.1, 0.15) is 18.0 Å². The molecule has 0 atom stereocenters. The predicted octanol–water partition coefficient (Wildman–Crippen LogP) is 0.979. The van der Waals surface area contributed by atoms with Gasteiger partial charge in [0.15, 0.2) is 5.82 Å². The molecule has 0 saturated carbocycles. The van der Waals surface area contributed by atoms with Crippen molar-refractivity contribution in [3.05, 3.63) is 12.0 Å². The molecule has 0 amide bonds. The molecule has 0 aliphatic carbocycles. The molecule has 2 N–H and O–H groups in total. The number of nitrogens with zero attached hydrogens (tertiary/aromatic N) is 4. The van der Waals surface area contributed by atoms with Crippen LogP contribution < -0.4 is 5.73 Å². The van der Waals surface area contributed by atoms with E-state index in [2.05, 4.69) is 15.2 Å². The SMILES string of the molecule is CCCOCc1noc(-c2cnn(C)c2N)n1. The summed E-state index contributed by atoms with van der Waals surface area (Å²) < 4.78 is 12.0. The molecule has 2 aromatic rings. The quantitative estimate of drug-likeness (QED) is 0.779. The van der Waals surface area contributed by atoms with Gasteiger partial charge in [0.25, 0.3) is 5.89 Å². The summed E-state index contributed by atoms with van der Waals surface area (Å²) in [6.07, 6.45) is 2.56. The number of hydrogen-bond donors (Lipinski definition) is 1. The second-order valence-electron chi connectivity index (χ2n) is 3.64. The standard InChI is InChI=1S/C10H15N5O2/c1-3-4-16-6-8-13-10(17-14-8)7-5-12-15(2)9(7)11/h5H,3-4,6,11H2,1-2H3. The third-order valence-electron chi connectivity index (χ3n) is 2.26. The zero-order valence-electron chi connectivity index (χ0n) is 9.88. The van der Waals surface area contributed by atoms with Crippen LogP contribution in [0.3, 0.4) is 0 Å². The predicted molar refractivity (Wildman–Crippen MR) is 60.9 cm³/mol. The van der Waals surface area contributed by atoms with Gasteiger partial charge in [0.2, 0.25) is 0 Å². The normalized spacial score (nSPS) is 10.9. The molecule has 0 fully saturated rings. The monoisotopic (exact) mass is 237 g/mol. The number of rotatable bonds is 5. The van der Waals surface area contributed by atoms with Gasteiger partial charge in [0, 0.05) is 13.7 Å². The summed E-state index contributed by atoms with van der Waals surface area (Å²) in [4.78, 5) is 4.19. The Morgan fingerprint density at radius 3 is 3.00 bits per heavy atom. The molecule has 17 heavy (non-hydrogen) atoms. The van der Waals surface area contributed by atoms with Crippen molar-refractivity contribution >= 4 is 5.82 Å². The highest BCUT2D eigenvalue weighted by atomic mass is 16.5. The van der Waals surface area contributed by atoms with Gasteiger partial charge < -0.3 is 15.0 Å². The molecular weight excluding hydrogens is 222 g/mol. The Labute approximate surface area is 98.6 Å². The lowest BCUT2D eigenvalue weighted by atomic mass is 10.3. The Bertz CT molecular complexity index is 491. The van der Waals surface area contributed by atoms with E-state index in [0.29, 0.717) is 36.3 Å². The molecule has 2 aromatic heterocycles. The molecule has 92 valence electrons. The Kier molecular flexibility index (Phi) is 3.38. The van der Waals surface area contributed by atoms with Gasteiger partial charge >= 0.3 is 0 Å². The maximum atomic E-state index is 5.81. The van der Waals surface area contributed by atoms with E-state index in [0.717, 1.165) is 6.42 Å². The molecule has 7 heteroatoms. The minimum Gasteiger partial charge on any atom is -0.383 e. The first kappa shape index (κ1) is 11.6. The van der Waals surface area contributed by atoms with E-state index in [4.69, 9.17) is 15.0 Å². The van der Waals surface area contributed by atoms with Crippen LogP contribution in [-0.4, -0.2) is 26.5 Å². The van der Waals surface area contributed by atoms with Crippen LogP contribution in [0.15, 0.2) is 10.7 Å². The summed E-state index contributed by atoms with van der Waals surface area (Å²) >= 11 is 0. The van der Waals surface area contributed by atoms with Crippen LogP contribution >= 0.6 is 0 Å². The number of hydrogen-bond acceptors (Lipinski definition) is 6. The minimum absolute atomic E-state index is 0.345. The van der Waals surface area contributed by atoms with Crippen LogP contribution in [0.2, 0.25) is 0 Å². The summed E-state index contributed by atoms with van der Waals surface area (Å²) in [5.41, 5.74) is 6.45. The van der Waals surface area contributed by atoms with E-state index >= 15 is 0 Å². The maximum absolute atomic E-state index is 5.81. The highest BCUT2D eigenvalue weighted by molar-refractivity contribution is 5.66. The molecule has 2 heterocycles. The third kappa shape index (κ3) is 2.44. The van der Waals surface area contributed by atoms with Gasteiger partial charge in [-0.2, -0.15) is 10.1 Å². The Morgan fingerprint density at radius 2 is 2.35 bits per heavy atom. The second kappa shape index (κ2) is 4.96. The fourth-order valence-electron chi connectivity index (χ4n) is 1.34. The van der Waals surface area contributed by atoms with Crippen LogP contribution in [0.1, 0.15) is 19.2 Å². The lowest BCUT2D eigenvalue weighted by molar-refractivity contribution is 0.114. The number of nitrogen functional groups attached to an aromatic ring is 1. The van der Waals surface area contributed by atoms with E-state index in [-0.39, 0.29) is 0 Å². The van der Waals surface area contributed by atoms with E-state index in [1.165, 1.54) is 0 Å². The van der Waals surface area contributed by atoms with Crippen molar-refractivity contribution in [2.75, 3.05) is 12.3 Å². The van der Waals surface area contributed by atoms with Crippen molar-refractivity contribution in [3.63, 3.8) is 0 Å². The van der Waals surface area contributed by atoms with Gasteiger partial charge in [-0.3, -0.25) is 4.68 Å². The van der Waals surface area contributed by atoms with E-state index in [1.54, 1.807) is 17.9 Å². The van der Waals surface area contributed by atoms with Gasteiger partial charge in [-0.1, -0.05) is 12.1 Å². The molecule has 7 nitrogen and oxygen atoms in total. The van der Waals surface area contributed by atoms with Gasteiger partial charge in [0.05, 0.1) is 6.20 Å². The first-order chi connectivity index (χ1) is 8.22. The third-order valence-corrected chi connectivity index (χ3v) is 2.26. The molecule has 0 aliphatic rings. The molecule has 2 rings (SSSR count). The van der Waals surface area contributed by atoms with Crippen LogP contribution in [0.5, 0.6) is 0 Å². The summed E-state index contributed by atoms with van der Waals surface area (Å²) in [5.74, 6) is 1.37. The average Bonchev–Trinajstić information content (AvgIpc) is 2.89. The van der Waals surface area contributed by atoms with Crippen LogP contribution in [0, 0.1) is 0 Å². The number of ether oxygens (including phenoxy) is 1. The van der Waals surface area contributed by atoms with Crippen molar-refractivity contribution in [2.45, 2.75) is 20.0 Å². The Balaban J connectivity index is 2.10. The van der Waals surface area contributed by atoms with E-state index < -0.39 is 0 Å². The van der Waals surface area contributed by atoms with E-state index in [1.807, 2.05) is 6.92 Å². The lowest BCUT2D eigenvalue weighted by Crippen LogP contribution is -1.98. The van der Waals surface area contributed by atoms with Crippen LogP contribution in [0.25, 0.3) is 11.5 Å². The highest BCUT2D eigenvalue weighted by Crippen LogP contribution is 2.22. The lowest BCUT2D eigenvalue weighted by Gasteiger charge is -1.95. The second-order valence-corrected chi connectivity index (χ2v) is 3.64. The average molecular weight is 237 g/mol. The topological polar surface area (TPSA) is 92.0 Å². The summed E-state index contributed by atoms with van der Waals surface area (Å²) in [6.45, 7) is 3.06. The fraction of sp³-hybridized carbons (Fsp3) is 0.500. The van der Waals surface area contributed by atoms with Crippen molar-refractivity contribution in [2.24, 2.45) is 7.05 Å². The minimum atomic E-state index is 0.345. The largest absolute Gasteiger partial charge is 0.383 e. The van der Waals surface area contributed by atoms with Gasteiger partial charge in [-0.05, 0) is 6.42 Å². The maximum Gasteiger partial charge on any atom is 0.263 e. The zero-order chi connectivity index (χ0) is 12.3. The van der Waals surface area contributed by atoms with Gasteiger partial charge in [-0.15, -0.1) is 0 Å². The number of aromatic nitrogens is 4. The highest BCUT2D eigenvalue weighted by Gasteiger charge is 2.14. The summed E-state index contributed by atoms with van der Waals surface area (Å²) in [5, 5.41) is 7.82. The molecule has 0 saturated heterocycles. The zero-order valence-corrected chi connectivity index (χ0v) is 9.88. The van der Waals surface area contributed by atoms with Crippen LogP contribution in [-0.2, 0) is 18.4 Å². The molecule has 0 unspecified atom stereocenters. The van der Waals surface area contributed by atoms with Crippen molar-refractivity contribution in [3.8, 4) is 11.5 Å². The number of anilines is 1. The number of aryl methyl sites for hydroxylation is 1. The van der Waals surface area contributed by atoms with Gasteiger partial charge in [-0.25, -0.2) is 0 Å². The number of nitrogens with two attached hydrogens (primary N) is 1. The molecule has 0 aromatic carbocycles. The molecule has 0 radical (unpaired) electrons. The van der Waals surface area contributed by atoms with Crippen molar-refractivity contribution < 1.29 is 9.26 Å². The molecule has 0 aliphatic heterocycles. The van der Waals surface area contributed by atoms with Crippen molar-refractivity contribution in [1.29, 1.82) is 0 Å². The Hall–Kier alpha value is -1.89. The molecule has 0 bridgehead atoms. The fourth-order valence-corrected chi connectivity index (χ4v) is 1.34. The summed E-state index contributed by atoms with van der Waals surface area (Å²) in [7, 11) is 1.75. The van der Waals surface area contributed by atoms with Crippen molar-refractivity contribution in [1.82, 2.24) is 19.9 Å². The van der Waals surface area contributed by atoms with Crippen LogP contribution in [0.4, 0.5) is 5.82 Å². The first-order valence-electron chi connectivity index (χ1n) is 5.40.